The molecular weight excluding hydrogens is 845 g/mol. The molecule has 11 heteroatoms. The third kappa shape index (κ3) is 21.2. The van der Waals surface area contributed by atoms with Crippen LogP contribution in [0.25, 0.3) is 11.1 Å². The molecule has 1 aliphatic heterocycles. The summed E-state index contributed by atoms with van der Waals surface area (Å²) >= 11 is 0. The zero-order valence-electron chi connectivity index (χ0n) is 42.2. The molecule has 0 radical (unpaired) electrons. The molecule has 376 valence electrons. The van der Waals surface area contributed by atoms with Gasteiger partial charge in [0.15, 0.2) is 5.79 Å². The number of aliphatic hydroxyl groups is 1. The first-order chi connectivity index (χ1) is 32.1. The number of hydrogen-bond donors (Lipinski definition) is 4. The van der Waals surface area contributed by atoms with E-state index in [9.17, 15) is 24.6 Å². The van der Waals surface area contributed by atoms with Crippen LogP contribution in [0.15, 0.2) is 60.7 Å². The summed E-state index contributed by atoms with van der Waals surface area (Å²) in [6.07, 6.45) is 29.8. The maximum atomic E-state index is 13.9. The molecule has 1 amide bonds. The number of ether oxygens (including phenoxy) is 4. The Hall–Kier alpha value is -3.77. The van der Waals surface area contributed by atoms with Gasteiger partial charge in [-0.25, -0.2) is 4.79 Å². The number of carboxylic acid groups (broad SMARTS) is 1. The predicted octanol–water partition coefficient (Wildman–Crippen LogP) is 11.8. The van der Waals surface area contributed by atoms with E-state index in [1.165, 1.54) is 96.8 Å². The normalized spacial score (nSPS) is 18.6. The average Bonchev–Trinajstić information content (AvgIpc) is 3.77. The molecule has 5 rings (SSSR count). The van der Waals surface area contributed by atoms with E-state index >= 15 is 0 Å². The lowest BCUT2D eigenvalue weighted by atomic mass is 9.84. The first-order valence-electron chi connectivity index (χ1n) is 26.0. The molecule has 0 bridgehead atoms. The minimum Gasteiger partial charge on any atom is -0.497 e. The van der Waals surface area contributed by atoms with Gasteiger partial charge in [-0.15, -0.1) is 0 Å². The van der Waals surface area contributed by atoms with Crippen LogP contribution in [0.4, 0.5) is 0 Å². The summed E-state index contributed by atoms with van der Waals surface area (Å²) in [6, 6.07) is 16.0. The van der Waals surface area contributed by atoms with Gasteiger partial charge in [0, 0.05) is 31.3 Å². The van der Waals surface area contributed by atoms with E-state index < -0.39 is 53.2 Å². The molecule has 0 unspecified atom stereocenters. The van der Waals surface area contributed by atoms with E-state index in [0.717, 1.165) is 79.5 Å². The van der Waals surface area contributed by atoms with E-state index in [2.05, 4.69) is 17.6 Å². The van der Waals surface area contributed by atoms with E-state index in [1.54, 1.807) is 34.0 Å². The van der Waals surface area contributed by atoms with Crippen molar-refractivity contribution in [3.05, 3.63) is 66.2 Å². The van der Waals surface area contributed by atoms with Crippen LogP contribution in [0.2, 0.25) is 0 Å². The Balaban J connectivity index is 0.000000639. The minimum atomic E-state index is -1.91. The molecule has 67 heavy (non-hydrogen) atoms. The number of benzene rings is 2. The van der Waals surface area contributed by atoms with Gasteiger partial charge in [-0.3, -0.25) is 9.59 Å². The Morgan fingerprint density at radius 3 is 1.93 bits per heavy atom. The Bertz CT molecular complexity index is 1740. The monoisotopic (exact) mass is 933 g/mol. The van der Waals surface area contributed by atoms with E-state index in [-0.39, 0.29) is 6.42 Å². The zero-order valence-corrected chi connectivity index (χ0v) is 42.2. The molecule has 11 nitrogen and oxygen atoms in total. The number of nitrogens with one attached hydrogen (secondary N) is 2. The van der Waals surface area contributed by atoms with Crippen LogP contribution in [0.1, 0.15) is 188 Å². The molecule has 0 aromatic heterocycles. The Morgan fingerprint density at radius 2 is 1.37 bits per heavy atom. The van der Waals surface area contributed by atoms with Crippen LogP contribution in [0.3, 0.4) is 0 Å². The Labute approximate surface area is 403 Å². The molecule has 3 fully saturated rings. The highest BCUT2D eigenvalue weighted by molar-refractivity contribution is 5.88. The SMILES string of the molecule is C1CCC(NC2CCCCC2)CC1.CCCCCCCC1(CCCCCC/C=C/[C@H](C(=O)N[C@@H](Cc2ccc(-c3cccc(OC)c3)cc2)C(=O)OC(C)(C)C)[C@@](C)(O)CC(=O)O)OCCO1. The molecule has 2 aliphatic carbocycles. The van der Waals surface area contributed by atoms with Crippen LogP contribution < -0.4 is 15.4 Å². The number of amides is 1. The summed E-state index contributed by atoms with van der Waals surface area (Å²) in [5, 5.41) is 27.5. The van der Waals surface area contributed by atoms with Crippen molar-refractivity contribution in [3.8, 4) is 16.9 Å². The van der Waals surface area contributed by atoms with Gasteiger partial charge in [0.1, 0.15) is 17.4 Å². The Kier molecular flexibility index (Phi) is 24.4. The van der Waals surface area contributed by atoms with Crippen LogP contribution in [-0.2, 0) is 35.0 Å². The molecule has 2 aromatic rings. The minimum absolute atomic E-state index is 0.132. The van der Waals surface area contributed by atoms with Gasteiger partial charge in [-0.05, 0) is 108 Å². The zero-order chi connectivity index (χ0) is 48.5. The Morgan fingerprint density at radius 1 is 0.791 bits per heavy atom. The maximum absolute atomic E-state index is 13.9. The van der Waals surface area contributed by atoms with Crippen molar-refractivity contribution < 1.29 is 43.5 Å². The van der Waals surface area contributed by atoms with Gasteiger partial charge in [0.05, 0.1) is 38.3 Å². The maximum Gasteiger partial charge on any atom is 0.329 e. The number of unbranched alkanes of at least 4 members (excludes halogenated alkanes) is 8. The van der Waals surface area contributed by atoms with Crippen LogP contribution >= 0.6 is 0 Å². The third-order valence-electron chi connectivity index (χ3n) is 13.4. The van der Waals surface area contributed by atoms with Gasteiger partial charge in [0.2, 0.25) is 5.91 Å². The second-order valence-electron chi connectivity index (χ2n) is 20.6. The van der Waals surface area contributed by atoms with E-state index in [4.69, 9.17) is 18.9 Å². The fraction of sp³-hybridized carbons (Fsp3) is 0.696. The van der Waals surface area contributed by atoms with Crippen LogP contribution in [0.5, 0.6) is 5.75 Å². The number of carboxylic acids is 1. The topological polar surface area (TPSA) is 153 Å². The second kappa shape index (κ2) is 29.3. The standard InChI is InChI=1S/C44H65NO9.C12H23N/c1-7-8-9-13-16-26-44(52-28-29-53-44)27-17-14-11-10-12-15-21-37(43(5,50)32-39(46)47)40(48)45-38(41(49)54-42(2,3)4)30-33-22-24-34(25-23-33)35-19-18-20-36(31-35)51-6;1-3-7-11(8-4-1)13-12-9-5-2-6-10-12/h15,18-25,31,37-38,50H,7-14,16-17,26-30,32H2,1-6H3,(H,45,48)(H,46,47);11-13H,1-10H2/b21-15+;/t37-,38+,43+;/m1./s1. The highest BCUT2D eigenvalue weighted by Gasteiger charge is 2.40. The second-order valence-corrected chi connectivity index (χ2v) is 20.6. The molecule has 3 atom stereocenters. The lowest BCUT2D eigenvalue weighted by molar-refractivity contribution is -0.168. The summed E-state index contributed by atoms with van der Waals surface area (Å²) in [5.74, 6) is -3.44. The lowest BCUT2D eigenvalue weighted by Gasteiger charge is -2.31. The first kappa shape index (κ1) is 55.8. The number of esters is 1. The summed E-state index contributed by atoms with van der Waals surface area (Å²) in [6.45, 7) is 10.1. The van der Waals surface area contributed by atoms with Crippen molar-refractivity contribution in [1.82, 2.24) is 10.6 Å². The first-order valence-corrected chi connectivity index (χ1v) is 26.0. The summed E-state index contributed by atoms with van der Waals surface area (Å²) in [7, 11) is 1.62. The van der Waals surface area contributed by atoms with Crippen molar-refractivity contribution in [2.75, 3.05) is 20.3 Å². The third-order valence-corrected chi connectivity index (χ3v) is 13.4. The van der Waals surface area contributed by atoms with Gasteiger partial charge >= 0.3 is 11.9 Å². The smallest absolute Gasteiger partial charge is 0.329 e. The van der Waals surface area contributed by atoms with Gasteiger partial charge in [-0.2, -0.15) is 0 Å². The molecule has 2 aromatic carbocycles. The van der Waals surface area contributed by atoms with Crippen LogP contribution in [0, 0.1) is 5.92 Å². The van der Waals surface area contributed by atoms with E-state index in [0.29, 0.717) is 19.6 Å². The average molecular weight is 933 g/mol. The number of allylic oxidation sites excluding steroid dienone is 1. The van der Waals surface area contributed by atoms with Crippen molar-refractivity contribution in [2.24, 2.45) is 5.92 Å². The summed E-state index contributed by atoms with van der Waals surface area (Å²) in [5.41, 5.74) is -0.00458. The van der Waals surface area contributed by atoms with E-state index in [1.807, 2.05) is 54.6 Å². The predicted molar refractivity (Wildman–Crippen MR) is 268 cm³/mol. The number of carbonyl (C=O) groups excluding carboxylic acids is 2. The number of rotatable bonds is 26. The molecule has 1 saturated heterocycles. The van der Waals surface area contributed by atoms with Crippen molar-refractivity contribution >= 4 is 17.8 Å². The fourth-order valence-corrected chi connectivity index (χ4v) is 9.72. The molecular formula is C56H88N2O9. The van der Waals surface area contributed by atoms with Gasteiger partial charge in [-0.1, -0.05) is 133 Å². The number of methoxy groups -OCH3 is 1. The van der Waals surface area contributed by atoms with Crippen molar-refractivity contribution in [2.45, 2.75) is 224 Å². The lowest BCUT2D eigenvalue weighted by Crippen LogP contribution is -2.52. The molecule has 4 N–H and O–H groups in total. The molecule has 3 aliphatic rings. The highest BCUT2D eigenvalue weighted by atomic mass is 16.7. The number of hydrogen-bond acceptors (Lipinski definition) is 9. The molecule has 2 saturated carbocycles. The van der Waals surface area contributed by atoms with Gasteiger partial charge < -0.3 is 39.8 Å². The van der Waals surface area contributed by atoms with Crippen LogP contribution in [-0.4, -0.2) is 83.5 Å². The molecule has 0 spiro atoms. The quantitative estimate of drug-likeness (QED) is 0.0407. The summed E-state index contributed by atoms with van der Waals surface area (Å²) < 4.78 is 23.2. The number of aliphatic carboxylic acids is 1. The number of carbonyl (C=O) groups is 3. The highest BCUT2D eigenvalue weighted by Crippen LogP contribution is 2.32. The van der Waals surface area contributed by atoms with Gasteiger partial charge in [0.25, 0.3) is 0 Å². The van der Waals surface area contributed by atoms with Crippen molar-refractivity contribution in [3.63, 3.8) is 0 Å². The summed E-state index contributed by atoms with van der Waals surface area (Å²) in [4.78, 5) is 39.0. The van der Waals surface area contributed by atoms with Crippen molar-refractivity contribution in [1.29, 1.82) is 0 Å². The fourth-order valence-electron chi connectivity index (χ4n) is 9.72. The largest absolute Gasteiger partial charge is 0.497 e. The molecule has 1 heterocycles.